The van der Waals surface area contributed by atoms with E-state index >= 15 is 0 Å². The molecule has 0 saturated carbocycles. The van der Waals surface area contributed by atoms with Crippen LogP contribution in [-0.4, -0.2) is 36.0 Å². The van der Waals surface area contributed by atoms with Crippen LogP contribution in [0.1, 0.15) is 34.9 Å². The normalized spacial score (nSPS) is 12.0. The number of thiazole rings is 1. The van der Waals surface area contributed by atoms with Gasteiger partial charge >= 0.3 is 0 Å². The van der Waals surface area contributed by atoms with Crippen LogP contribution < -0.4 is 10.6 Å². The Morgan fingerprint density at radius 2 is 1.88 bits per heavy atom. The predicted molar refractivity (Wildman–Crippen MR) is 107 cm³/mol. The van der Waals surface area contributed by atoms with Crippen LogP contribution in [0, 0.1) is 6.92 Å². The smallest absolute Gasteiger partial charge is 0.191 e. The molecule has 1 heterocycles. The number of aromatic nitrogens is 1. The van der Waals surface area contributed by atoms with Crippen molar-refractivity contribution in [2.75, 3.05) is 14.1 Å². The Kier molecular flexibility index (Phi) is 7.40. The molecule has 0 spiro atoms. The summed E-state index contributed by atoms with van der Waals surface area (Å²) in [7, 11) is 3.95. The minimum Gasteiger partial charge on any atom is -0.352 e. The van der Waals surface area contributed by atoms with E-state index in [4.69, 9.17) is 0 Å². The van der Waals surface area contributed by atoms with Crippen molar-refractivity contribution in [3.8, 4) is 0 Å². The molecule has 5 nitrogen and oxygen atoms in total. The van der Waals surface area contributed by atoms with Crippen molar-refractivity contribution < 1.29 is 0 Å². The number of nitrogens with one attached hydrogen (secondary N) is 2. The van der Waals surface area contributed by atoms with Gasteiger partial charge in [-0.25, -0.2) is 4.98 Å². The molecule has 0 aliphatic carbocycles. The fourth-order valence-corrected chi connectivity index (χ4v) is 3.10. The van der Waals surface area contributed by atoms with Crippen molar-refractivity contribution in [1.82, 2.24) is 20.5 Å². The lowest BCUT2D eigenvalue weighted by Crippen LogP contribution is -2.36. The molecule has 2 rings (SSSR count). The Balaban J connectivity index is 1.92. The summed E-state index contributed by atoms with van der Waals surface area (Å²) in [6.45, 7) is 8.88. The fourth-order valence-electron chi connectivity index (χ4n) is 2.38. The highest BCUT2D eigenvalue weighted by molar-refractivity contribution is 7.11. The van der Waals surface area contributed by atoms with Gasteiger partial charge in [-0.15, -0.1) is 11.3 Å². The molecule has 0 bridgehead atoms. The lowest BCUT2D eigenvalue weighted by Gasteiger charge is -2.23. The van der Waals surface area contributed by atoms with Gasteiger partial charge in [0.25, 0.3) is 0 Å². The van der Waals surface area contributed by atoms with Crippen molar-refractivity contribution in [3.63, 3.8) is 0 Å². The molecule has 0 saturated heterocycles. The topological polar surface area (TPSA) is 52.6 Å². The van der Waals surface area contributed by atoms with E-state index in [9.17, 15) is 0 Å². The minimum atomic E-state index is 0.525. The second kappa shape index (κ2) is 9.53. The first-order valence-corrected chi connectivity index (χ1v) is 9.44. The van der Waals surface area contributed by atoms with Gasteiger partial charge in [-0.3, -0.25) is 9.89 Å². The molecule has 0 aliphatic rings. The molecule has 0 aliphatic heterocycles. The van der Waals surface area contributed by atoms with Crippen molar-refractivity contribution in [1.29, 1.82) is 0 Å². The lowest BCUT2D eigenvalue weighted by atomic mass is 10.1. The molecule has 6 heteroatoms. The number of hydrogen-bond donors (Lipinski definition) is 2. The highest BCUT2D eigenvalue weighted by atomic mass is 32.1. The number of hydrogen-bond acceptors (Lipinski definition) is 4. The van der Waals surface area contributed by atoms with Gasteiger partial charge in [-0.05, 0) is 38.9 Å². The van der Waals surface area contributed by atoms with E-state index < -0.39 is 0 Å². The van der Waals surface area contributed by atoms with E-state index in [1.54, 1.807) is 18.4 Å². The zero-order valence-corrected chi connectivity index (χ0v) is 16.7. The molecule has 2 aromatic rings. The fraction of sp³-hybridized carbons (Fsp3) is 0.474. The summed E-state index contributed by atoms with van der Waals surface area (Å²) >= 11 is 1.70. The maximum absolute atomic E-state index is 4.37. The SMILES string of the molecule is CN=C(NCc1ncc(C)s1)NCc1ccccc1CN(C)C(C)C. The number of guanidine groups is 1. The monoisotopic (exact) mass is 359 g/mol. The Morgan fingerprint density at radius 3 is 2.48 bits per heavy atom. The Bertz CT molecular complexity index is 693. The minimum absolute atomic E-state index is 0.525. The van der Waals surface area contributed by atoms with Crippen LogP contribution in [0.2, 0.25) is 0 Å². The molecular formula is C19H29N5S. The summed E-state index contributed by atoms with van der Waals surface area (Å²) < 4.78 is 0. The number of nitrogens with zero attached hydrogens (tertiary/aromatic N) is 3. The first-order valence-electron chi connectivity index (χ1n) is 8.62. The second-order valence-electron chi connectivity index (χ2n) is 6.42. The van der Waals surface area contributed by atoms with E-state index in [0.29, 0.717) is 12.6 Å². The highest BCUT2D eigenvalue weighted by Crippen LogP contribution is 2.13. The lowest BCUT2D eigenvalue weighted by molar-refractivity contribution is 0.265. The average molecular weight is 360 g/mol. The first kappa shape index (κ1) is 19.4. The van der Waals surface area contributed by atoms with Gasteiger partial charge < -0.3 is 10.6 Å². The number of aryl methyl sites for hydroxylation is 1. The Morgan fingerprint density at radius 1 is 1.20 bits per heavy atom. The molecule has 136 valence electrons. The summed E-state index contributed by atoms with van der Waals surface area (Å²) in [5, 5.41) is 7.80. The summed E-state index contributed by atoms with van der Waals surface area (Å²) in [6.07, 6.45) is 1.90. The third-order valence-corrected chi connectivity index (χ3v) is 5.08. The van der Waals surface area contributed by atoms with E-state index in [1.165, 1.54) is 16.0 Å². The largest absolute Gasteiger partial charge is 0.352 e. The summed E-state index contributed by atoms with van der Waals surface area (Å²) in [5.41, 5.74) is 2.64. The van der Waals surface area contributed by atoms with Gasteiger partial charge in [0, 0.05) is 37.3 Å². The van der Waals surface area contributed by atoms with Crippen LogP contribution in [0.3, 0.4) is 0 Å². The van der Waals surface area contributed by atoms with Gasteiger partial charge in [-0.2, -0.15) is 0 Å². The molecule has 0 radical (unpaired) electrons. The summed E-state index contributed by atoms with van der Waals surface area (Å²) in [4.78, 5) is 12.2. The van der Waals surface area contributed by atoms with Crippen molar-refractivity contribution in [3.05, 3.63) is 51.5 Å². The maximum Gasteiger partial charge on any atom is 0.191 e. The second-order valence-corrected chi connectivity index (χ2v) is 7.74. The predicted octanol–water partition coefficient (Wildman–Crippen LogP) is 3.16. The van der Waals surface area contributed by atoms with E-state index in [1.807, 2.05) is 6.20 Å². The van der Waals surface area contributed by atoms with E-state index in [0.717, 1.165) is 24.1 Å². The first-order chi connectivity index (χ1) is 12.0. The van der Waals surface area contributed by atoms with Gasteiger partial charge in [0.2, 0.25) is 0 Å². The molecule has 0 atom stereocenters. The van der Waals surface area contributed by atoms with Crippen molar-refractivity contribution in [2.24, 2.45) is 4.99 Å². The molecule has 1 aromatic carbocycles. The highest BCUT2D eigenvalue weighted by Gasteiger charge is 2.09. The van der Waals surface area contributed by atoms with Gasteiger partial charge in [-0.1, -0.05) is 24.3 Å². The molecule has 2 N–H and O–H groups in total. The van der Waals surface area contributed by atoms with Crippen LogP contribution in [0.15, 0.2) is 35.5 Å². The average Bonchev–Trinajstić information content (AvgIpc) is 3.01. The molecular weight excluding hydrogens is 330 g/mol. The molecule has 0 amide bonds. The number of rotatable bonds is 7. The van der Waals surface area contributed by atoms with Crippen LogP contribution in [0.25, 0.3) is 0 Å². The number of benzene rings is 1. The molecule has 0 fully saturated rings. The zero-order valence-electron chi connectivity index (χ0n) is 15.8. The molecule has 25 heavy (non-hydrogen) atoms. The van der Waals surface area contributed by atoms with Gasteiger partial charge in [0.15, 0.2) is 5.96 Å². The third kappa shape index (κ3) is 6.14. The zero-order chi connectivity index (χ0) is 18.2. The molecule has 0 unspecified atom stereocenters. The summed E-state index contributed by atoms with van der Waals surface area (Å²) in [5.74, 6) is 0.792. The van der Waals surface area contributed by atoms with Gasteiger partial charge in [0.05, 0.1) is 6.54 Å². The third-order valence-electron chi connectivity index (χ3n) is 4.17. The number of aliphatic imine (C=N–C) groups is 1. The molecule has 1 aromatic heterocycles. The van der Waals surface area contributed by atoms with Gasteiger partial charge in [0.1, 0.15) is 5.01 Å². The van der Waals surface area contributed by atoms with Crippen LogP contribution in [0.4, 0.5) is 0 Å². The van der Waals surface area contributed by atoms with Crippen LogP contribution in [0.5, 0.6) is 0 Å². The quantitative estimate of drug-likeness (QED) is 0.589. The van der Waals surface area contributed by atoms with E-state index in [-0.39, 0.29) is 0 Å². The van der Waals surface area contributed by atoms with Crippen LogP contribution in [-0.2, 0) is 19.6 Å². The Labute approximate surface area is 155 Å². The standard InChI is InChI=1S/C19H29N5S/c1-14(2)24(5)13-17-9-7-6-8-16(17)11-22-19(20-4)23-12-18-21-10-15(3)25-18/h6-10,14H,11-13H2,1-5H3,(H2,20,22,23). The maximum atomic E-state index is 4.37. The Hall–Kier alpha value is -1.92. The van der Waals surface area contributed by atoms with Crippen molar-refractivity contribution >= 4 is 17.3 Å². The van der Waals surface area contributed by atoms with E-state index in [2.05, 4.69) is 77.6 Å². The van der Waals surface area contributed by atoms with Crippen molar-refractivity contribution in [2.45, 2.75) is 46.4 Å². The van der Waals surface area contributed by atoms with Crippen LogP contribution >= 0.6 is 11.3 Å². The summed E-state index contributed by atoms with van der Waals surface area (Å²) in [6, 6.07) is 9.09.